The fourth-order valence-corrected chi connectivity index (χ4v) is 1.11. The third-order valence-corrected chi connectivity index (χ3v) is 1.77. The Balaban J connectivity index is 2.10. The molecule has 68 valence electrons. The molecule has 0 unspecified atom stereocenters. The summed E-state index contributed by atoms with van der Waals surface area (Å²) in [5.74, 6) is 1.70. The van der Waals surface area contributed by atoms with Crippen LogP contribution in [0.5, 0.6) is 0 Å². The maximum absolute atomic E-state index is 4.28. The van der Waals surface area contributed by atoms with E-state index in [4.69, 9.17) is 0 Å². The third-order valence-electron chi connectivity index (χ3n) is 1.77. The number of aromatic nitrogens is 5. The van der Waals surface area contributed by atoms with Crippen molar-refractivity contribution in [2.24, 2.45) is 0 Å². The summed E-state index contributed by atoms with van der Waals surface area (Å²) in [6.07, 6.45) is 4.50. The van der Waals surface area contributed by atoms with E-state index in [2.05, 4.69) is 20.3 Å². The Morgan fingerprint density at radius 2 is 2.46 bits per heavy atom. The van der Waals surface area contributed by atoms with E-state index in [-0.39, 0.29) is 0 Å². The molecule has 0 radical (unpaired) electrons. The van der Waals surface area contributed by atoms with Gasteiger partial charge in [0.1, 0.15) is 12.4 Å². The Kier molecular flexibility index (Phi) is 2.08. The van der Waals surface area contributed by atoms with Gasteiger partial charge in [-0.2, -0.15) is 10.2 Å². The summed E-state index contributed by atoms with van der Waals surface area (Å²) in [7, 11) is 0. The third kappa shape index (κ3) is 1.74. The van der Waals surface area contributed by atoms with Crippen LogP contribution < -0.4 is 0 Å². The van der Waals surface area contributed by atoms with Crippen molar-refractivity contribution in [3.8, 4) is 0 Å². The van der Waals surface area contributed by atoms with E-state index in [1.54, 1.807) is 10.9 Å². The lowest BCUT2D eigenvalue weighted by atomic mass is 10.5. The number of hydrogen-bond acceptors (Lipinski definition) is 3. The summed E-state index contributed by atoms with van der Waals surface area (Å²) in [5.41, 5.74) is 0. The van der Waals surface area contributed by atoms with Crippen LogP contribution in [0.3, 0.4) is 0 Å². The van der Waals surface area contributed by atoms with Crippen LogP contribution in [0.15, 0.2) is 18.5 Å². The molecule has 2 rings (SSSR count). The van der Waals surface area contributed by atoms with E-state index < -0.39 is 0 Å². The van der Waals surface area contributed by atoms with Crippen LogP contribution in [-0.4, -0.2) is 25.0 Å². The normalized spacial score (nSPS) is 10.5. The second-order valence-corrected chi connectivity index (χ2v) is 2.76. The van der Waals surface area contributed by atoms with Crippen LogP contribution in [0.4, 0.5) is 0 Å². The van der Waals surface area contributed by atoms with E-state index in [1.807, 2.05) is 19.2 Å². The topological polar surface area (TPSA) is 59.4 Å². The van der Waals surface area contributed by atoms with Crippen LogP contribution in [0.25, 0.3) is 0 Å². The number of nitrogens with one attached hydrogen (secondary N) is 1. The predicted octanol–water partition coefficient (Wildman–Crippen LogP) is 0.612. The molecule has 0 saturated heterocycles. The summed E-state index contributed by atoms with van der Waals surface area (Å²) >= 11 is 0. The largest absolute Gasteiger partial charge is 0.265 e. The van der Waals surface area contributed by atoms with Crippen molar-refractivity contribution in [3.05, 3.63) is 30.1 Å². The van der Waals surface area contributed by atoms with E-state index in [0.717, 1.165) is 18.1 Å². The Bertz CT molecular complexity index is 362. The van der Waals surface area contributed by atoms with Crippen molar-refractivity contribution >= 4 is 0 Å². The molecule has 5 heteroatoms. The van der Waals surface area contributed by atoms with Gasteiger partial charge in [-0.1, -0.05) is 6.92 Å². The lowest BCUT2D eigenvalue weighted by Crippen LogP contribution is -2.01. The second kappa shape index (κ2) is 3.38. The summed E-state index contributed by atoms with van der Waals surface area (Å²) in [4.78, 5) is 4.28. The highest BCUT2D eigenvalue weighted by Crippen LogP contribution is 1.96. The first kappa shape index (κ1) is 7.97. The highest BCUT2D eigenvalue weighted by atomic mass is 15.3. The van der Waals surface area contributed by atoms with Crippen molar-refractivity contribution in [2.45, 2.75) is 19.9 Å². The van der Waals surface area contributed by atoms with E-state index >= 15 is 0 Å². The molecule has 2 aromatic heterocycles. The second-order valence-electron chi connectivity index (χ2n) is 2.76. The van der Waals surface area contributed by atoms with Crippen molar-refractivity contribution in [2.75, 3.05) is 0 Å². The number of aryl methyl sites for hydroxylation is 1. The highest BCUT2D eigenvalue weighted by molar-refractivity contribution is 4.91. The molecule has 5 nitrogen and oxygen atoms in total. The zero-order valence-corrected chi connectivity index (χ0v) is 7.44. The van der Waals surface area contributed by atoms with Crippen LogP contribution >= 0.6 is 0 Å². The standard InChI is InChI=1S/C8H11N5/c1-2-7-10-8(12-11-7)6-13-5-3-4-9-13/h3-5H,2,6H2,1H3,(H,10,11,12). The molecule has 0 bridgehead atoms. The van der Waals surface area contributed by atoms with Gasteiger partial charge < -0.3 is 0 Å². The zero-order chi connectivity index (χ0) is 9.10. The molecular weight excluding hydrogens is 166 g/mol. The number of rotatable bonds is 3. The fraction of sp³-hybridized carbons (Fsp3) is 0.375. The van der Waals surface area contributed by atoms with Gasteiger partial charge in [-0.25, -0.2) is 4.98 Å². The summed E-state index contributed by atoms with van der Waals surface area (Å²) in [6, 6.07) is 1.89. The molecular formula is C8H11N5. The Labute approximate surface area is 75.8 Å². The van der Waals surface area contributed by atoms with Crippen LogP contribution in [0.1, 0.15) is 18.6 Å². The number of nitrogens with zero attached hydrogens (tertiary/aromatic N) is 4. The quantitative estimate of drug-likeness (QED) is 0.747. The predicted molar refractivity (Wildman–Crippen MR) is 47.1 cm³/mol. The number of aromatic amines is 1. The van der Waals surface area contributed by atoms with E-state index in [9.17, 15) is 0 Å². The lowest BCUT2D eigenvalue weighted by Gasteiger charge is -1.94. The van der Waals surface area contributed by atoms with Crippen LogP contribution in [-0.2, 0) is 13.0 Å². The Hall–Kier alpha value is -1.65. The molecule has 1 N–H and O–H groups in total. The molecule has 2 heterocycles. The first-order valence-electron chi connectivity index (χ1n) is 4.26. The first-order valence-corrected chi connectivity index (χ1v) is 4.26. The number of hydrogen-bond donors (Lipinski definition) is 1. The summed E-state index contributed by atoms with van der Waals surface area (Å²) in [5, 5.41) is 11.0. The fourth-order valence-electron chi connectivity index (χ4n) is 1.11. The van der Waals surface area contributed by atoms with Crippen molar-refractivity contribution in [1.82, 2.24) is 25.0 Å². The van der Waals surface area contributed by atoms with E-state index in [1.165, 1.54) is 0 Å². The van der Waals surface area contributed by atoms with Crippen LogP contribution in [0.2, 0.25) is 0 Å². The van der Waals surface area contributed by atoms with Gasteiger partial charge in [0, 0.05) is 18.8 Å². The summed E-state index contributed by atoms with van der Waals surface area (Å²) < 4.78 is 1.81. The average Bonchev–Trinajstić information content (AvgIpc) is 2.76. The highest BCUT2D eigenvalue weighted by Gasteiger charge is 2.01. The molecule has 0 spiro atoms. The first-order chi connectivity index (χ1) is 6.38. The molecule has 0 saturated carbocycles. The average molecular weight is 177 g/mol. The Morgan fingerprint density at radius 1 is 1.54 bits per heavy atom. The molecule has 0 aliphatic carbocycles. The van der Waals surface area contributed by atoms with Crippen molar-refractivity contribution in [1.29, 1.82) is 0 Å². The molecule has 0 atom stereocenters. The van der Waals surface area contributed by atoms with Gasteiger partial charge in [-0.05, 0) is 6.07 Å². The van der Waals surface area contributed by atoms with Gasteiger partial charge in [0.05, 0.1) is 0 Å². The minimum atomic E-state index is 0.653. The molecule has 0 aromatic carbocycles. The molecule has 0 aliphatic rings. The van der Waals surface area contributed by atoms with Gasteiger partial charge in [-0.3, -0.25) is 9.78 Å². The van der Waals surface area contributed by atoms with Gasteiger partial charge >= 0.3 is 0 Å². The SMILES string of the molecule is CCc1n[nH]c(Cn2cccn2)n1. The van der Waals surface area contributed by atoms with Gasteiger partial charge in [-0.15, -0.1) is 0 Å². The minimum absolute atomic E-state index is 0.653. The maximum Gasteiger partial charge on any atom is 0.150 e. The van der Waals surface area contributed by atoms with Gasteiger partial charge in [0.15, 0.2) is 5.82 Å². The van der Waals surface area contributed by atoms with Crippen LogP contribution in [0, 0.1) is 0 Å². The number of H-pyrrole nitrogens is 1. The molecule has 0 amide bonds. The smallest absolute Gasteiger partial charge is 0.150 e. The monoisotopic (exact) mass is 177 g/mol. The molecule has 2 aromatic rings. The van der Waals surface area contributed by atoms with Gasteiger partial charge in [0.25, 0.3) is 0 Å². The molecule has 0 fully saturated rings. The van der Waals surface area contributed by atoms with Gasteiger partial charge in [0.2, 0.25) is 0 Å². The summed E-state index contributed by atoms with van der Waals surface area (Å²) in [6.45, 7) is 2.68. The van der Waals surface area contributed by atoms with E-state index in [0.29, 0.717) is 6.54 Å². The minimum Gasteiger partial charge on any atom is -0.265 e. The maximum atomic E-state index is 4.28. The molecule has 0 aliphatic heterocycles. The molecule has 13 heavy (non-hydrogen) atoms. The van der Waals surface area contributed by atoms with Crippen molar-refractivity contribution in [3.63, 3.8) is 0 Å². The lowest BCUT2D eigenvalue weighted by molar-refractivity contribution is 0.657. The van der Waals surface area contributed by atoms with Crippen molar-refractivity contribution < 1.29 is 0 Å². The Morgan fingerprint density at radius 3 is 3.08 bits per heavy atom. The zero-order valence-electron chi connectivity index (χ0n) is 7.44.